The van der Waals surface area contributed by atoms with E-state index in [2.05, 4.69) is 10.6 Å². The molecular formula is C20H19F3N2O4S. The van der Waals surface area contributed by atoms with Gasteiger partial charge in [-0.3, -0.25) is 9.59 Å². The Morgan fingerprint density at radius 1 is 0.967 bits per heavy atom. The first-order chi connectivity index (χ1) is 14.0. The van der Waals surface area contributed by atoms with Gasteiger partial charge in [0.05, 0.1) is 11.1 Å². The summed E-state index contributed by atoms with van der Waals surface area (Å²) in [5.41, 5.74) is -0.0306. The Kier molecular flexibility index (Phi) is 7.87. The van der Waals surface area contributed by atoms with Gasteiger partial charge >= 0.3 is 12.1 Å². The molecule has 0 aliphatic rings. The van der Waals surface area contributed by atoms with Crippen molar-refractivity contribution in [2.24, 2.45) is 0 Å². The molecule has 0 unspecified atom stereocenters. The van der Waals surface area contributed by atoms with E-state index in [4.69, 9.17) is 4.74 Å². The molecule has 2 amide bonds. The molecule has 0 aliphatic carbocycles. The van der Waals surface area contributed by atoms with Crippen molar-refractivity contribution in [3.05, 3.63) is 53.6 Å². The summed E-state index contributed by atoms with van der Waals surface area (Å²) in [4.78, 5) is 35.3. The van der Waals surface area contributed by atoms with Gasteiger partial charge in [-0.05, 0) is 36.4 Å². The first-order valence-electron chi connectivity index (χ1n) is 8.72. The number of benzene rings is 2. The van der Waals surface area contributed by atoms with E-state index >= 15 is 0 Å². The predicted molar refractivity (Wildman–Crippen MR) is 107 cm³/mol. The van der Waals surface area contributed by atoms with Crippen molar-refractivity contribution in [3.8, 4) is 0 Å². The Hall–Kier alpha value is -3.01. The van der Waals surface area contributed by atoms with Gasteiger partial charge in [0.25, 0.3) is 0 Å². The van der Waals surface area contributed by atoms with E-state index in [-0.39, 0.29) is 29.7 Å². The second-order valence-corrected chi connectivity index (χ2v) is 7.34. The second-order valence-electron chi connectivity index (χ2n) is 6.17. The van der Waals surface area contributed by atoms with Crippen LogP contribution in [0.15, 0.2) is 47.4 Å². The van der Waals surface area contributed by atoms with Crippen LogP contribution in [-0.4, -0.2) is 30.1 Å². The third-order valence-corrected chi connectivity index (χ3v) is 4.51. The molecule has 0 fully saturated rings. The third kappa shape index (κ3) is 7.43. The van der Waals surface area contributed by atoms with Gasteiger partial charge in [0, 0.05) is 35.9 Å². The van der Waals surface area contributed by atoms with Gasteiger partial charge in [-0.1, -0.05) is 6.07 Å². The molecule has 6 nitrogen and oxygen atoms in total. The molecule has 0 aliphatic heterocycles. The van der Waals surface area contributed by atoms with Gasteiger partial charge in [0.15, 0.2) is 0 Å². The number of nitrogens with one attached hydrogen (secondary N) is 2. The van der Waals surface area contributed by atoms with E-state index < -0.39 is 17.7 Å². The zero-order valence-corrected chi connectivity index (χ0v) is 16.9. The molecule has 2 rings (SSSR count). The largest absolute Gasteiger partial charge is 0.461 e. The summed E-state index contributed by atoms with van der Waals surface area (Å²) in [6.45, 7) is 2.56. The van der Waals surface area contributed by atoms with Crippen LogP contribution >= 0.6 is 11.8 Å². The number of rotatable bonds is 7. The molecule has 0 saturated heterocycles. The number of thioether (sulfide) groups is 1. The molecule has 160 valence electrons. The second kappa shape index (κ2) is 10.1. The number of ether oxygens (including phenoxy) is 1. The molecule has 2 aromatic carbocycles. The molecule has 2 N–H and O–H groups in total. The highest BCUT2D eigenvalue weighted by atomic mass is 32.2. The van der Waals surface area contributed by atoms with Crippen molar-refractivity contribution in [1.29, 1.82) is 0 Å². The lowest BCUT2D eigenvalue weighted by molar-refractivity contribution is -0.137. The Morgan fingerprint density at radius 2 is 1.57 bits per heavy atom. The number of alkyl halides is 3. The summed E-state index contributed by atoms with van der Waals surface area (Å²) in [6, 6.07) is 9.15. The van der Waals surface area contributed by atoms with E-state index in [1.165, 1.54) is 38.1 Å². The first-order valence-corrected chi connectivity index (χ1v) is 9.70. The zero-order valence-electron chi connectivity index (χ0n) is 16.1. The van der Waals surface area contributed by atoms with Crippen molar-refractivity contribution in [2.75, 3.05) is 23.0 Å². The maximum atomic E-state index is 12.7. The summed E-state index contributed by atoms with van der Waals surface area (Å²) >= 11 is 1.12. The SMILES string of the molecule is CC(=O)Nc1cc(NC(C)=O)cc(C(=O)OCCSc2cccc(C(F)(F)F)c2)c1. The van der Waals surface area contributed by atoms with Crippen LogP contribution in [0.5, 0.6) is 0 Å². The van der Waals surface area contributed by atoms with Gasteiger partial charge in [-0.25, -0.2) is 4.79 Å². The highest BCUT2D eigenvalue weighted by Gasteiger charge is 2.30. The first kappa shape index (κ1) is 23.3. The smallest absolute Gasteiger partial charge is 0.416 e. The van der Waals surface area contributed by atoms with Gasteiger partial charge in [0.2, 0.25) is 11.8 Å². The molecular weight excluding hydrogens is 421 g/mol. The Labute approximate surface area is 175 Å². The van der Waals surface area contributed by atoms with Crippen molar-refractivity contribution < 1.29 is 32.3 Å². The van der Waals surface area contributed by atoms with Crippen LogP contribution in [0.1, 0.15) is 29.8 Å². The maximum absolute atomic E-state index is 12.7. The molecule has 0 atom stereocenters. The molecule has 0 heterocycles. The summed E-state index contributed by atoms with van der Waals surface area (Å²) in [5.74, 6) is -1.16. The zero-order chi connectivity index (χ0) is 22.3. The van der Waals surface area contributed by atoms with E-state index in [0.717, 1.165) is 23.9 Å². The lowest BCUT2D eigenvalue weighted by Gasteiger charge is -2.11. The number of carbonyl (C=O) groups excluding carboxylic acids is 3. The minimum absolute atomic E-state index is 0.0421. The average molecular weight is 440 g/mol. The summed E-state index contributed by atoms with van der Waals surface area (Å²) in [5, 5.41) is 5.05. The highest BCUT2D eigenvalue weighted by molar-refractivity contribution is 7.99. The van der Waals surface area contributed by atoms with Crippen molar-refractivity contribution in [3.63, 3.8) is 0 Å². The highest BCUT2D eigenvalue weighted by Crippen LogP contribution is 2.31. The molecule has 0 saturated carbocycles. The van der Waals surface area contributed by atoms with E-state index in [1.54, 1.807) is 6.07 Å². The Balaban J connectivity index is 1.98. The molecule has 0 radical (unpaired) electrons. The van der Waals surface area contributed by atoms with Gasteiger partial charge in [-0.2, -0.15) is 13.2 Å². The normalized spacial score (nSPS) is 11.0. The lowest BCUT2D eigenvalue weighted by atomic mass is 10.1. The van der Waals surface area contributed by atoms with Crippen molar-refractivity contribution in [1.82, 2.24) is 0 Å². The van der Waals surface area contributed by atoms with Crippen LogP contribution in [0.2, 0.25) is 0 Å². The van der Waals surface area contributed by atoms with Crippen LogP contribution in [0.25, 0.3) is 0 Å². The molecule has 0 bridgehead atoms. The molecule has 10 heteroatoms. The number of carbonyl (C=O) groups is 3. The summed E-state index contributed by atoms with van der Waals surface area (Å²) in [6.07, 6.45) is -4.42. The average Bonchev–Trinajstić information content (AvgIpc) is 2.63. The number of hydrogen-bond donors (Lipinski definition) is 2. The number of anilines is 2. The fraction of sp³-hybridized carbons (Fsp3) is 0.250. The van der Waals surface area contributed by atoms with Crippen molar-refractivity contribution in [2.45, 2.75) is 24.9 Å². The minimum atomic E-state index is -4.42. The molecule has 0 spiro atoms. The number of amides is 2. The predicted octanol–water partition coefficient (Wildman–Crippen LogP) is 4.57. The number of halogens is 3. The van der Waals surface area contributed by atoms with Crippen LogP contribution in [0.3, 0.4) is 0 Å². The number of hydrogen-bond acceptors (Lipinski definition) is 5. The molecule has 2 aromatic rings. The van der Waals surface area contributed by atoms with Crippen LogP contribution in [0, 0.1) is 0 Å². The monoisotopic (exact) mass is 440 g/mol. The lowest BCUT2D eigenvalue weighted by Crippen LogP contribution is -2.13. The standard InChI is InChI=1S/C20H19F3N2O4S/c1-12(26)24-16-8-14(9-17(11-16)25-13(2)27)19(28)29-6-7-30-18-5-3-4-15(10-18)20(21,22)23/h3-5,8-11H,6-7H2,1-2H3,(H,24,26)(H,25,27). The van der Waals surface area contributed by atoms with E-state index in [1.807, 2.05) is 0 Å². The topological polar surface area (TPSA) is 84.5 Å². The van der Waals surface area contributed by atoms with E-state index in [9.17, 15) is 27.6 Å². The fourth-order valence-corrected chi connectivity index (χ4v) is 3.22. The van der Waals surface area contributed by atoms with Gasteiger partial charge in [-0.15, -0.1) is 11.8 Å². The van der Waals surface area contributed by atoms with E-state index in [0.29, 0.717) is 16.3 Å². The quantitative estimate of drug-likeness (QED) is 0.374. The van der Waals surface area contributed by atoms with Gasteiger partial charge in [0.1, 0.15) is 6.61 Å². The maximum Gasteiger partial charge on any atom is 0.416 e. The third-order valence-electron chi connectivity index (χ3n) is 3.56. The van der Waals surface area contributed by atoms with Crippen LogP contribution < -0.4 is 10.6 Å². The number of esters is 1. The van der Waals surface area contributed by atoms with Gasteiger partial charge < -0.3 is 15.4 Å². The Bertz CT molecular complexity index is 914. The van der Waals surface area contributed by atoms with Crippen LogP contribution in [0.4, 0.5) is 24.5 Å². The summed E-state index contributed by atoms with van der Waals surface area (Å²) in [7, 11) is 0. The molecule has 30 heavy (non-hydrogen) atoms. The summed E-state index contributed by atoms with van der Waals surface area (Å²) < 4.78 is 43.4. The Morgan fingerprint density at radius 3 is 2.10 bits per heavy atom. The van der Waals surface area contributed by atoms with Crippen LogP contribution in [-0.2, 0) is 20.5 Å². The fourth-order valence-electron chi connectivity index (χ4n) is 2.44. The molecule has 0 aromatic heterocycles. The van der Waals surface area contributed by atoms with Crippen molar-refractivity contribution >= 4 is 40.9 Å². The minimum Gasteiger partial charge on any atom is -0.461 e.